The number of aliphatic imine (C=N–C) groups is 1. The number of nitrogens with zero attached hydrogens (tertiary/aromatic N) is 3. The summed E-state index contributed by atoms with van der Waals surface area (Å²) in [6, 6.07) is 10.8. The molecule has 0 unspecified atom stereocenters. The molecule has 0 bridgehead atoms. The van der Waals surface area contributed by atoms with Crippen molar-refractivity contribution >= 4 is 17.3 Å². The van der Waals surface area contributed by atoms with Gasteiger partial charge in [-0.2, -0.15) is 0 Å². The summed E-state index contributed by atoms with van der Waals surface area (Å²) in [5.41, 5.74) is 2.51. The number of guanidine groups is 1. The molecule has 6 heteroatoms. The SMILES string of the molecule is CCNC(=NCC1(c2ccccc2)CCOCC1)N(C)Cc1csc(C)n1. The number of benzene rings is 1. The second-order valence-corrected chi connectivity index (χ2v) is 8.21. The summed E-state index contributed by atoms with van der Waals surface area (Å²) in [5.74, 6) is 0.935. The van der Waals surface area contributed by atoms with E-state index in [1.165, 1.54) is 5.56 Å². The topological polar surface area (TPSA) is 49.8 Å². The van der Waals surface area contributed by atoms with E-state index in [-0.39, 0.29) is 5.41 Å². The van der Waals surface area contributed by atoms with Gasteiger partial charge in [0.05, 0.1) is 23.8 Å². The molecule has 1 aromatic carbocycles. The maximum atomic E-state index is 5.65. The van der Waals surface area contributed by atoms with E-state index >= 15 is 0 Å². The Labute approximate surface area is 166 Å². The summed E-state index contributed by atoms with van der Waals surface area (Å²) in [6.07, 6.45) is 2.02. The maximum absolute atomic E-state index is 5.65. The lowest BCUT2D eigenvalue weighted by atomic mass is 9.74. The minimum atomic E-state index is 0.0538. The summed E-state index contributed by atoms with van der Waals surface area (Å²) >= 11 is 1.69. The van der Waals surface area contributed by atoms with Gasteiger partial charge in [0.25, 0.3) is 0 Å². The Morgan fingerprint density at radius 3 is 2.67 bits per heavy atom. The van der Waals surface area contributed by atoms with Gasteiger partial charge < -0.3 is 15.0 Å². The first-order chi connectivity index (χ1) is 13.1. The Bertz CT molecular complexity index is 738. The van der Waals surface area contributed by atoms with Crippen LogP contribution < -0.4 is 5.32 Å². The van der Waals surface area contributed by atoms with Gasteiger partial charge in [-0.1, -0.05) is 30.3 Å². The third-order valence-corrected chi connectivity index (χ3v) is 5.95. The molecular formula is C21H30N4OS. The molecule has 1 aliphatic heterocycles. The van der Waals surface area contributed by atoms with E-state index in [9.17, 15) is 0 Å². The quantitative estimate of drug-likeness (QED) is 0.609. The fourth-order valence-corrected chi connectivity index (χ4v) is 4.19. The molecule has 0 spiro atoms. The second-order valence-electron chi connectivity index (χ2n) is 7.14. The Morgan fingerprint density at radius 1 is 1.30 bits per heavy atom. The molecule has 0 saturated carbocycles. The largest absolute Gasteiger partial charge is 0.381 e. The molecule has 3 rings (SSSR count). The molecule has 1 fully saturated rings. The van der Waals surface area contributed by atoms with Gasteiger partial charge in [0.15, 0.2) is 5.96 Å². The average molecular weight is 387 g/mol. The molecular weight excluding hydrogens is 356 g/mol. The predicted molar refractivity (Wildman–Crippen MR) is 112 cm³/mol. The smallest absolute Gasteiger partial charge is 0.194 e. The minimum Gasteiger partial charge on any atom is -0.381 e. The standard InChI is InChI=1S/C21H30N4OS/c1-4-22-20(25(3)14-19-15-27-17(2)24-19)23-16-21(10-12-26-13-11-21)18-8-6-5-7-9-18/h5-9,15H,4,10-14,16H2,1-3H3,(H,22,23). The van der Waals surface area contributed by atoms with Crippen molar-refractivity contribution in [2.24, 2.45) is 4.99 Å². The number of aromatic nitrogens is 1. The second kappa shape index (κ2) is 9.33. The van der Waals surface area contributed by atoms with Crippen molar-refractivity contribution in [3.63, 3.8) is 0 Å². The van der Waals surface area contributed by atoms with Crippen LogP contribution >= 0.6 is 11.3 Å². The van der Waals surface area contributed by atoms with Crippen LogP contribution in [0, 0.1) is 6.92 Å². The van der Waals surface area contributed by atoms with Crippen molar-refractivity contribution in [2.75, 3.05) is 33.4 Å². The Morgan fingerprint density at radius 2 is 2.04 bits per heavy atom. The van der Waals surface area contributed by atoms with Gasteiger partial charge in [-0.25, -0.2) is 4.98 Å². The van der Waals surface area contributed by atoms with Crippen LogP contribution in [0.2, 0.25) is 0 Å². The third-order valence-electron chi connectivity index (χ3n) is 5.13. The zero-order valence-electron chi connectivity index (χ0n) is 16.6. The van der Waals surface area contributed by atoms with Gasteiger partial charge in [-0.3, -0.25) is 4.99 Å². The average Bonchev–Trinajstić information content (AvgIpc) is 3.11. The molecule has 0 amide bonds. The lowest BCUT2D eigenvalue weighted by Gasteiger charge is -2.37. The van der Waals surface area contributed by atoms with E-state index in [1.54, 1.807) is 11.3 Å². The number of hydrogen-bond acceptors (Lipinski definition) is 4. The maximum Gasteiger partial charge on any atom is 0.194 e. The molecule has 0 radical (unpaired) electrons. The van der Waals surface area contributed by atoms with Crippen LogP contribution in [0.4, 0.5) is 0 Å². The van der Waals surface area contributed by atoms with E-state index in [4.69, 9.17) is 9.73 Å². The van der Waals surface area contributed by atoms with Crippen LogP contribution in [-0.2, 0) is 16.7 Å². The summed E-state index contributed by atoms with van der Waals surface area (Å²) in [4.78, 5) is 11.8. The van der Waals surface area contributed by atoms with Crippen molar-refractivity contribution in [3.05, 3.63) is 52.0 Å². The summed E-state index contributed by atoms with van der Waals surface area (Å²) in [7, 11) is 2.08. The van der Waals surface area contributed by atoms with Gasteiger partial charge in [0.2, 0.25) is 0 Å². The van der Waals surface area contributed by atoms with Gasteiger partial charge in [0.1, 0.15) is 0 Å². The summed E-state index contributed by atoms with van der Waals surface area (Å²) in [6.45, 7) is 8.13. The lowest BCUT2D eigenvalue weighted by molar-refractivity contribution is 0.0530. The zero-order valence-corrected chi connectivity index (χ0v) is 17.4. The zero-order chi connectivity index (χ0) is 19.1. The normalized spacial score (nSPS) is 16.9. The highest BCUT2D eigenvalue weighted by Crippen LogP contribution is 2.35. The van der Waals surface area contributed by atoms with E-state index in [2.05, 4.69) is 64.9 Å². The first kappa shape index (κ1) is 19.8. The fraction of sp³-hybridized carbons (Fsp3) is 0.524. The van der Waals surface area contributed by atoms with Gasteiger partial charge >= 0.3 is 0 Å². The monoisotopic (exact) mass is 386 g/mol. The van der Waals surface area contributed by atoms with E-state index in [0.29, 0.717) is 0 Å². The van der Waals surface area contributed by atoms with E-state index in [0.717, 1.165) is 62.4 Å². The number of hydrogen-bond donors (Lipinski definition) is 1. The molecule has 2 aromatic rings. The Hall–Kier alpha value is -1.92. The highest BCUT2D eigenvalue weighted by molar-refractivity contribution is 7.09. The van der Waals surface area contributed by atoms with Crippen molar-refractivity contribution in [1.82, 2.24) is 15.2 Å². The number of aryl methyl sites for hydroxylation is 1. The number of ether oxygens (including phenoxy) is 1. The number of thiazole rings is 1. The Kier molecular flexibility index (Phi) is 6.85. The van der Waals surface area contributed by atoms with Crippen molar-refractivity contribution in [1.29, 1.82) is 0 Å². The van der Waals surface area contributed by atoms with Gasteiger partial charge in [0, 0.05) is 37.6 Å². The van der Waals surface area contributed by atoms with Crippen LogP contribution in [0.15, 0.2) is 40.7 Å². The van der Waals surface area contributed by atoms with Crippen LogP contribution in [0.3, 0.4) is 0 Å². The first-order valence-electron chi connectivity index (χ1n) is 9.67. The minimum absolute atomic E-state index is 0.0538. The van der Waals surface area contributed by atoms with Crippen LogP contribution in [0.1, 0.15) is 36.0 Å². The first-order valence-corrected chi connectivity index (χ1v) is 10.5. The van der Waals surface area contributed by atoms with Crippen LogP contribution in [0.25, 0.3) is 0 Å². The van der Waals surface area contributed by atoms with Crippen LogP contribution in [-0.4, -0.2) is 49.2 Å². The highest BCUT2D eigenvalue weighted by Gasteiger charge is 2.34. The highest BCUT2D eigenvalue weighted by atomic mass is 32.1. The molecule has 27 heavy (non-hydrogen) atoms. The van der Waals surface area contributed by atoms with Gasteiger partial charge in [-0.05, 0) is 32.3 Å². The van der Waals surface area contributed by atoms with Crippen molar-refractivity contribution in [2.45, 2.75) is 38.6 Å². The Balaban J connectivity index is 1.78. The molecule has 1 N–H and O–H groups in total. The number of nitrogens with one attached hydrogen (secondary N) is 1. The molecule has 146 valence electrons. The van der Waals surface area contributed by atoms with E-state index < -0.39 is 0 Å². The molecule has 1 aromatic heterocycles. The summed E-state index contributed by atoms with van der Waals surface area (Å²) < 4.78 is 5.65. The van der Waals surface area contributed by atoms with Crippen LogP contribution in [0.5, 0.6) is 0 Å². The number of rotatable bonds is 6. The molecule has 0 aliphatic carbocycles. The van der Waals surface area contributed by atoms with Crippen molar-refractivity contribution < 1.29 is 4.74 Å². The summed E-state index contributed by atoms with van der Waals surface area (Å²) in [5, 5.41) is 6.66. The lowest BCUT2D eigenvalue weighted by Crippen LogP contribution is -2.41. The molecule has 2 heterocycles. The molecule has 1 aliphatic rings. The molecule has 1 saturated heterocycles. The van der Waals surface area contributed by atoms with E-state index in [1.807, 2.05) is 6.92 Å². The van der Waals surface area contributed by atoms with Gasteiger partial charge in [-0.15, -0.1) is 11.3 Å². The van der Waals surface area contributed by atoms with Crippen molar-refractivity contribution in [3.8, 4) is 0 Å². The predicted octanol–water partition coefficient (Wildman–Crippen LogP) is 3.60. The molecule has 5 nitrogen and oxygen atoms in total. The third kappa shape index (κ3) is 5.08. The fourth-order valence-electron chi connectivity index (χ4n) is 3.59. The molecule has 0 atom stereocenters.